The molecule has 0 atom stereocenters. The number of hydrogen-bond acceptors (Lipinski definition) is 4. The van der Waals surface area contributed by atoms with Gasteiger partial charge in [0.2, 0.25) is 0 Å². The summed E-state index contributed by atoms with van der Waals surface area (Å²) in [6.45, 7) is 4.02. The van der Waals surface area contributed by atoms with Crippen LogP contribution in [0.15, 0.2) is 18.5 Å². The smallest absolute Gasteiger partial charge is 0.254 e. The average molecular weight is 205 g/mol. The van der Waals surface area contributed by atoms with Gasteiger partial charge in [0, 0.05) is 24.4 Å². The van der Waals surface area contributed by atoms with Gasteiger partial charge in [-0.25, -0.2) is 4.98 Å². The third kappa shape index (κ3) is 2.30. The molecule has 15 heavy (non-hydrogen) atoms. The number of nitrogens with two attached hydrogens (primary N) is 1. The van der Waals surface area contributed by atoms with Gasteiger partial charge in [0.05, 0.1) is 0 Å². The quantitative estimate of drug-likeness (QED) is 0.804. The lowest BCUT2D eigenvalue weighted by Gasteiger charge is -2.16. The van der Waals surface area contributed by atoms with Crippen LogP contribution in [0.3, 0.4) is 0 Å². The number of aryl methyl sites for hydroxylation is 1. The minimum absolute atomic E-state index is 0.173. The average Bonchev–Trinajstić information content (AvgIpc) is 2.57. The first-order valence-electron chi connectivity index (χ1n) is 5.00. The van der Waals surface area contributed by atoms with Crippen LogP contribution >= 0.6 is 0 Å². The molecule has 0 bridgehead atoms. The van der Waals surface area contributed by atoms with Gasteiger partial charge in [-0.1, -0.05) is 0 Å². The molecule has 2 rings (SSSR count). The maximum absolute atomic E-state index is 5.92. The highest BCUT2D eigenvalue weighted by molar-refractivity contribution is 5.26. The zero-order chi connectivity index (χ0) is 10.9. The molecule has 0 saturated carbocycles. The molecule has 5 heteroatoms. The molecule has 5 nitrogen and oxygen atoms in total. The van der Waals surface area contributed by atoms with E-state index in [4.69, 9.17) is 5.73 Å². The van der Waals surface area contributed by atoms with E-state index in [-0.39, 0.29) is 5.54 Å². The first-order chi connectivity index (χ1) is 7.06. The van der Waals surface area contributed by atoms with Crippen LogP contribution < -0.4 is 5.73 Å². The predicted molar refractivity (Wildman–Crippen MR) is 57.4 cm³/mol. The summed E-state index contributed by atoms with van der Waals surface area (Å²) in [5, 5.41) is 8.07. The summed E-state index contributed by atoms with van der Waals surface area (Å²) < 4.78 is 1.89. The molecule has 0 aliphatic rings. The van der Waals surface area contributed by atoms with Crippen molar-refractivity contribution in [2.75, 3.05) is 0 Å². The van der Waals surface area contributed by atoms with Crippen LogP contribution in [0.4, 0.5) is 0 Å². The van der Waals surface area contributed by atoms with Crippen molar-refractivity contribution in [1.82, 2.24) is 19.6 Å². The molecule has 0 aromatic carbocycles. The Morgan fingerprint density at radius 3 is 2.93 bits per heavy atom. The van der Waals surface area contributed by atoms with Crippen LogP contribution in [0.5, 0.6) is 0 Å². The molecule has 2 heterocycles. The molecule has 0 aliphatic carbocycles. The highest BCUT2D eigenvalue weighted by Gasteiger charge is 2.13. The molecule has 0 fully saturated rings. The zero-order valence-electron chi connectivity index (χ0n) is 9.01. The molecule has 0 aliphatic heterocycles. The fourth-order valence-corrected chi connectivity index (χ4v) is 1.39. The van der Waals surface area contributed by atoms with Crippen molar-refractivity contribution in [3.05, 3.63) is 24.3 Å². The second-order valence-corrected chi connectivity index (χ2v) is 4.39. The normalized spacial score (nSPS) is 12.2. The summed E-state index contributed by atoms with van der Waals surface area (Å²) in [5.41, 5.74) is 5.75. The van der Waals surface area contributed by atoms with Gasteiger partial charge in [-0.15, -0.1) is 10.2 Å². The summed E-state index contributed by atoms with van der Waals surface area (Å²) in [5.74, 6) is 1.55. The van der Waals surface area contributed by atoms with E-state index in [1.807, 2.05) is 30.5 Å². The zero-order valence-corrected chi connectivity index (χ0v) is 9.01. The highest BCUT2D eigenvalue weighted by atomic mass is 15.3. The van der Waals surface area contributed by atoms with Crippen LogP contribution in [-0.2, 0) is 6.42 Å². The van der Waals surface area contributed by atoms with E-state index < -0.39 is 0 Å². The van der Waals surface area contributed by atoms with Gasteiger partial charge in [0.25, 0.3) is 5.78 Å². The highest BCUT2D eigenvalue weighted by Crippen LogP contribution is 2.09. The first kappa shape index (κ1) is 10.0. The topological polar surface area (TPSA) is 69.1 Å². The Kier molecular flexibility index (Phi) is 2.40. The first-order valence-corrected chi connectivity index (χ1v) is 5.00. The molecule has 2 N–H and O–H groups in total. The van der Waals surface area contributed by atoms with Crippen molar-refractivity contribution in [2.45, 2.75) is 32.2 Å². The van der Waals surface area contributed by atoms with Gasteiger partial charge < -0.3 is 5.73 Å². The SMILES string of the molecule is CC(C)(N)CCc1nnc2ncccn12. The Labute approximate surface area is 88.3 Å². The van der Waals surface area contributed by atoms with E-state index in [0.29, 0.717) is 5.78 Å². The lowest BCUT2D eigenvalue weighted by molar-refractivity contribution is 0.470. The second kappa shape index (κ2) is 3.58. The van der Waals surface area contributed by atoms with E-state index in [0.717, 1.165) is 18.7 Å². The molecule has 80 valence electrons. The molecule has 0 spiro atoms. The van der Waals surface area contributed by atoms with Crippen LogP contribution in [0.2, 0.25) is 0 Å². The van der Waals surface area contributed by atoms with Crippen molar-refractivity contribution in [3.63, 3.8) is 0 Å². The number of aromatic nitrogens is 4. The summed E-state index contributed by atoms with van der Waals surface area (Å²) in [7, 11) is 0. The maximum Gasteiger partial charge on any atom is 0.254 e. The molecule has 0 radical (unpaired) electrons. The van der Waals surface area contributed by atoms with Crippen molar-refractivity contribution in [1.29, 1.82) is 0 Å². The minimum atomic E-state index is -0.173. The number of rotatable bonds is 3. The number of fused-ring (bicyclic) bond motifs is 1. The van der Waals surface area contributed by atoms with Gasteiger partial charge in [0.1, 0.15) is 5.82 Å². The molecular formula is C10H15N5. The van der Waals surface area contributed by atoms with Crippen molar-refractivity contribution in [3.8, 4) is 0 Å². The standard InChI is InChI=1S/C10H15N5/c1-10(2,11)5-4-8-13-14-9-12-6-3-7-15(8)9/h3,6-7H,4-5,11H2,1-2H3. The summed E-state index contributed by atoms with van der Waals surface area (Å²) in [6.07, 6.45) is 5.32. The summed E-state index contributed by atoms with van der Waals surface area (Å²) in [4.78, 5) is 4.10. The third-order valence-electron chi connectivity index (χ3n) is 2.25. The largest absolute Gasteiger partial charge is 0.326 e. The molecule has 0 saturated heterocycles. The fourth-order valence-electron chi connectivity index (χ4n) is 1.39. The van der Waals surface area contributed by atoms with E-state index in [2.05, 4.69) is 15.2 Å². The van der Waals surface area contributed by atoms with E-state index in [1.165, 1.54) is 0 Å². The Morgan fingerprint density at radius 2 is 2.20 bits per heavy atom. The molecule has 2 aromatic rings. The predicted octanol–water partition coefficient (Wildman–Crippen LogP) is 0.794. The van der Waals surface area contributed by atoms with Crippen LogP contribution in [-0.4, -0.2) is 25.1 Å². The summed E-state index contributed by atoms with van der Waals surface area (Å²) in [6, 6.07) is 1.87. The molecule has 0 amide bonds. The monoisotopic (exact) mass is 205 g/mol. The van der Waals surface area contributed by atoms with E-state index in [9.17, 15) is 0 Å². The van der Waals surface area contributed by atoms with Crippen molar-refractivity contribution >= 4 is 5.78 Å². The van der Waals surface area contributed by atoms with Crippen LogP contribution in [0.25, 0.3) is 5.78 Å². The number of nitrogens with zero attached hydrogens (tertiary/aromatic N) is 4. The van der Waals surface area contributed by atoms with E-state index in [1.54, 1.807) is 6.20 Å². The van der Waals surface area contributed by atoms with Crippen LogP contribution in [0, 0.1) is 0 Å². The van der Waals surface area contributed by atoms with Crippen molar-refractivity contribution in [2.24, 2.45) is 5.73 Å². The molecular weight excluding hydrogens is 190 g/mol. The lowest BCUT2D eigenvalue weighted by atomic mass is 10.00. The van der Waals surface area contributed by atoms with Gasteiger partial charge in [-0.05, 0) is 26.3 Å². The Balaban J connectivity index is 2.22. The van der Waals surface area contributed by atoms with Crippen LogP contribution in [0.1, 0.15) is 26.1 Å². The third-order valence-corrected chi connectivity index (χ3v) is 2.25. The Bertz CT molecular complexity index is 454. The maximum atomic E-state index is 5.92. The van der Waals surface area contributed by atoms with Gasteiger partial charge in [-0.3, -0.25) is 4.40 Å². The van der Waals surface area contributed by atoms with Gasteiger partial charge >= 0.3 is 0 Å². The minimum Gasteiger partial charge on any atom is -0.326 e. The second-order valence-electron chi connectivity index (χ2n) is 4.39. The molecule has 2 aromatic heterocycles. The van der Waals surface area contributed by atoms with Crippen molar-refractivity contribution < 1.29 is 0 Å². The summed E-state index contributed by atoms with van der Waals surface area (Å²) >= 11 is 0. The number of hydrogen-bond donors (Lipinski definition) is 1. The van der Waals surface area contributed by atoms with Gasteiger partial charge in [-0.2, -0.15) is 0 Å². The lowest BCUT2D eigenvalue weighted by Crippen LogP contribution is -2.32. The molecule has 0 unspecified atom stereocenters. The fraction of sp³-hybridized carbons (Fsp3) is 0.500. The van der Waals surface area contributed by atoms with Gasteiger partial charge in [0.15, 0.2) is 0 Å². The Hall–Kier alpha value is -1.49. The van der Waals surface area contributed by atoms with E-state index >= 15 is 0 Å². The Morgan fingerprint density at radius 1 is 1.40 bits per heavy atom.